The number of carbonyl (C=O) groups is 1. The Hall–Kier alpha value is -2.08. The van der Waals surface area contributed by atoms with Crippen LogP contribution in [0.2, 0.25) is 0 Å². The monoisotopic (exact) mass is 511 g/mol. The number of fused-ring (bicyclic) bond motifs is 4. The summed E-state index contributed by atoms with van der Waals surface area (Å²) in [5.41, 5.74) is 3.68. The zero-order valence-electron chi connectivity index (χ0n) is 24.0. The summed E-state index contributed by atoms with van der Waals surface area (Å²) in [7, 11) is 0. The van der Waals surface area contributed by atoms with Crippen molar-refractivity contribution < 1.29 is 23.3 Å². The second-order valence-corrected chi connectivity index (χ2v) is 11.7. The van der Waals surface area contributed by atoms with E-state index in [9.17, 15) is 4.79 Å². The maximum absolute atomic E-state index is 13.1. The van der Waals surface area contributed by atoms with Crippen molar-refractivity contribution >= 4 is 11.7 Å². The Labute approximate surface area is 224 Å². The van der Waals surface area contributed by atoms with Crippen LogP contribution in [0.1, 0.15) is 86.5 Å². The third-order valence-corrected chi connectivity index (χ3v) is 10.4. The van der Waals surface area contributed by atoms with Crippen molar-refractivity contribution in [1.82, 2.24) is 5.32 Å². The minimum absolute atomic E-state index is 0.00351. The average Bonchev–Trinajstić information content (AvgIpc) is 3.27. The standard InChI is InChI=1S/C31H49N3O3/c1-7-23-15-12-16-27(33(23)9-3)34(10-4)19-13-14-22-20-24-26(37-31(22,34)8-2)18-17-25-29(24)28(21(6)32-25)30(35)36-11-5/h17-18,20-22,27-29,32H,7-16,19H2,1-6H3/q+2. The fraction of sp³-hybridized carbons (Fsp3) is 0.742. The van der Waals surface area contributed by atoms with E-state index in [1.54, 1.807) is 5.71 Å². The Morgan fingerprint density at radius 1 is 1.19 bits per heavy atom. The van der Waals surface area contributed by atoms with Gasteiger partial charge in [0.05, 0.1) is 38.0 Å². The van der Waals surface area contributed by atoms with Gasteiger partial charge >= 0.3 is 5.97 Å². The van der Waals surface area contributed by atoms with Crippen molar-refractivity contribution in [2.75, 3.05) is 26.2 Å². The van der Waals surface area contributed by atoms with Gasteiger partial charge in [0.2, 0.25) is 0 Å². The van der Waals surface area contributed by atoms with Crippen LogP contribution >= 0.6 is 0 Å². The van der Waals surface area contributed by atoms with Crippen molar-refractivity contribution in [3.8, 4) is 0 Å². The van der Waals surface area contributed by atoms with Gasteiger partial charge in [-0.25, -0.2) is 4.48 Å². The van der Waals surface area contributed by atoms with E-state index in [1.165, 1.54) is 37.8 Å². The Morgan fingerprint density at radius 2 is 2.00 bits per heavy atom. The zero-order valence-corrected chi connectivity index (χ0v) is 24.0. The lowest BCUT2D eigenvalue weighted by Gasteiger charge is -2.60. The van der Waals surface area contributed by atoms with Gasteiger partial charge < -0.3 is 14.8 Å². The van der Waals surface area contributed by atoms with Crippen LogP contribution in [-0.2, 0) is 14.3 Å². The lowest BCUT2D eigenvalue weighted by molar-refractivity contribution is -1.09. The highest BCUT2D eigenvalue weighted by Crippen LogP contribution is 2.55. The molecule has 4 aliphatic heterocycles. The number of hydrogen-bond acceptors (Lipinski definition) is 4. The molecule has 0 aromatic heterocycles. The van der Waals surface area contributed by atoms with E-state index in [0.717, 1.165) is 48.3 Å². The SMILES string of the molecule is CCOC(=O)C1C(C)NC2=CC=C3OC4(CC)C(C=C3C21)CCC[N+]4(CC)C1CCCC(CC)=[N+]1CC. The Bertz CT molecular complexity index is 1040. The van der Waals surface area contributed by atoms with Gasteiger partial charge in [-0.1, -0.05) is 19.9 Å². The molecule has 1 aliphatic carbocycles. The van der Waals surface area contributed by atoms with E-state index in [4.69, 9.17) is 9.47 Å². The third kappa shape index (κ3) is 3.84. The number of nitrogens with one attached hydrogen (secondary N) is 1. The zero-order chi connectivity index (χ0) is 26.4. The quantitative estimate of drug-likeness (QED) is 0.288. The van der Waals surface area contributed by atoms with Crippen molar-refractivity contribution in [2.24, 2.45) is 17.8 Å². The topological polar surface area (TPSA) is 50.6 Å². The highest BCUT2D eigenvalue weighted by Gasteiger charge is 2.66. The van der Waals surface area contributed by atoms with E-state index >= 15 is 0 Å². The van der Waals surface area contributed by atoms with Gasteiger partial charge in [0, 0.05) is 42.5 Å². The number of esters is 1. The van der Waals surface area contributed by atoms with Crippen molar-refractivity contribution in [2.45, 2.75) is 104 Å². The molecule has 0 aromatic carbocycles. The van der Waals surface area contributed by atoms with E-state index < -0.39 is 0 Å². The summed E-state index contributed by atoms with van der Waals surface area (Å²) >= 11 is 0. The Morgan fingerprint density at radius 3 is 2.68 bits per heavy atom. The summed E-state index contributed by atoms with van der Waals surface area (Å²) in [6.07, 6.45) is 15.6. The molecule has 2 fully saturated rings. The first-order valence-electron chi connectivity index (χ1n) is 15.2. The van der Waals surface area contributed by atoms with Crippen LogP contribution in [0.5, 0.6) is 0 Å². The number of nitrogens with zero attached hydrogens (tertiary/aromatic N) is 2. The largest absolute Gasteiger partial charge is 0.466 e. The lowest BCUT2D eigenvalue weighted by atomic mass is 9.72. The normalized spacial score (nSPS) is 38.8. The summed E-state index contributed by atoms with van der Waals surface area (Å²) in [6, 6.07) is 0.0435. The molecule has 0 bridgehead atoms. The third-order valence-electron chi connectivity index (χ3n) is 10.4. The molecule has 5 aliphatic rings. The molecular weight excluding hydrogens is 462 g/mol. The summed E-state index contributed by atoms with van der Waals surface area (Å²) in [5, 5.41) is 3.58. The molecule has 0 aromatic rings. The van der Waals surface area contributed by atoms with Crippen molar-refractivity contribution in [1.29, 1.82) is 0 Å². The van der Waals surface area contributed by atoms with Crippen molar-refractivity contribution in [3.05, 3.63) is 35.3 Å². The molecule has 4 heterocycles. The maximum Gasteiger partial charge on any atom is 0.312 e. The van der Waals surface area contributed by atoms with Gasteiger partial charge in [-0.05, 0) is 59.1 Å². The number of carbonyl (C=O) groups excluding carboxylic acids is 1. The van der Waals surface area contributed by atoms with E-state index in [0.29, 0.717) is 18.7 Å². The van der Waals surface area contributed by atoms with E-state index in [2.05, 4.69) is 62.7 Å². The number of piperidine rings is 1. The van der Waals surface area contributed by atoms with Crippen LogP contribution in [0, 0.1) is 17.8 Å². The molecule has 6 nitrogen and oxygen atoms in total. The number of hydrogen-bond donors (Lipinski definition) is 1. The first-order valence-corrected chi connectivity index (χ1v) is 15.2. The minimum Gasteiger partial charge on any atom is -0.466 e. The van der Waals surface area contributed by atoms with Gasteiger partial charge in [0.15, 0.2) is 5.71 Å². The first-order chi connectivity index (χ1) is 17.9. The Balaban J connectivity index is 1.60. The van der Waals surface area contributed by atoms with Crippen LogP contribution in [0.3, 0.4) is 0 Å². The summed E-state index contributed by atoms with van der Waals surface area (Å²) < 4.78 is 16.7. The van der Waals surface area contributed by atoms with Crippen LogP contribution in [0.25, 0.3) is 0 Å². The molecular formula is C31H49N3O3+2. The molecule has 0 spiro atoms. The number of ether oxygens (including phenoxy) is 2. The molecule has 7 atom stereocenters. The molecule has 2 saturated heterocycles. The Kier molecular flexibility index (Phi) is 7.34. The summed E-state index contributed by atoms with van der Waals surface area (Å²) in [6.45, 7) is 17.1. The molecule has 0 amide bonds. The second kappa shape index (κ2) is 10.2. The second-order valence-electron chi connectivity index (χ2n) is 11.7. The predicted octanol–water partition coefficient (Wildman–Crippen LogP) is 5.26. The predicted molar refractivity (Wildman–Crippen MR) is 147 cm³/mol. The highest BCUT2D eigenvalue weighted by molar-refractivity contribution is 5.79. The molecule has 0 radical (unpaired) electrons. The maximum atomic E-state index is 13.1. The molecule has 0 saturated carbocycles. The van der Waals surface area contributed by atoms with Gasteiger partial charge in [-0.2, -0.15) is 4.58 Å². The van der Waals surface area contributed by atoms with Gasteiger partial charge in [-0.15, -0.1) is 0 Å². The van der Waals surface area contributed by atoms with Crippen LogP contribution in [0.15, 0.2) is 35.3 Å². The van der Waals surface area contributed by atoms with Crippen LogP contribution in [-0.4, -0.2) is 64.9 Å². The van der Waals surface area contributed by atoms with Gasteiger partial charge in [-0.3, -0.25) is 4.79 Å². The van der Waals surface area contributed by atoms with Gasteiger partial charge in [0.1, 0.15) is 12.3 Å². The fourth-order valence-electron chi connectivity index (χ4n) is 8.85. The molecule has 37 heavy (non-hydrogen) atoms. The smallest absolute Gasteiger partial charge is 0.312 e. The number of rotatable bonds is 7. The number of allylic oxidation sites excluding steroid dienone is 4. The molecule has 5 rings (SSSR count). The molecule has 204 valence electrons. The van der Waals surface area contributed by atoms with Crippen molar-refractivity contribution in [3.63, 3.8) is 0 Å². The highest BCUT2D eigenvalue weighted by atomic mass is 16.5. The average molecular weight is 512 g/mol. The molecule has 7 unspecified atom stereocenters. The lowest BCUT2D eigenvalue weighted by Crippen LogP contribution is -2.77. The van der Waals surface area contributed by atoms with E-state index in [-0.39, 0.29) is 29.6 Å². The molecule has 1 N–H and O–H groups in total. The van der Waals surface area contributed by atoms with Crippen LogP contribution < -0.4 is 5.32 Å². The van der Waals surface area contributed by atoms with E-state index in [1.807, 2.05) is 6.92 Å². The van der Waals surface area contributed by atoms with Gasteiger partial charge in [0.25, 0.3) is 11.9 Å². The summed E-state index contributed by atoms with van der Waals surface area (Å²) in [4.78, 5) is 13.1. The minimum atomic E-state index is -0.279. The number of likely N-dealkylation sites (tertiary alicyclic amines) is 1. The molecule has 6 heteroatoms. The number of quaternary nitrogens is 1. The first kappa shape index (κ1) is 26.5. The summed E-state index contributed by atoms with van der Waals surface area (Å²) in [5.74, 6) is 0.992. The fourth-order valence-corrected chi connectivity index (χ4v) is 8.85. The van der Waals surface area contributed by atoms with Crippen LogP contribution in [0.4, 0.5) is 0 Å².